The highest BCUT2D eigenvalue weighted by molar-refractivity contribution is 5.77. The third kappa shape index (κ3) is 5.76. The predicted octanol–water partition coefficient (Wildman–Crippen LogP) is 2.59. The summed E-state index contributed by atoms with van der Waals surface area (Å²) in [6.45, 7) is 6.59. The van der Waals surface area contributed by atoms with Crippen LogP contribution in [0, 0.1) is 23.2 Å². The number of nitrogens with one attached hydrogen (secondary N) is 1. The molecule has 1 fully saturated rings. The van der Waals surface area contributed by atoms with Gasteiger partial charge in [0, 0.05) is 39.6 Å². The summed E-state index contributed by atoms with van der Waals surface area (Å²) < 4.78 is 0. The highest BCUT2D eigenvalue weighted by Gasteiger charge is 2.24. The standard InChI is InChI=1S/C20H28N4O2/c1-15(2)13-24(14-17-6-4-16(11-21)5-7-17)20(26)22-12-18-8-9-23(3)19(25)10-18/h4-7,15,18H,8-10,12-14H2,1-3H3,(H,22,26). The molecule has 1 saturated heterocycles. The van der Waals surface area contributed by atoms with Gasteiger partial charge in [-0.05, 0) is 36.0 Å². The van der Waals surface area contributed by atoms with Crippen LogP contribution in [0.2, 0.25) is 0 Å². The minimum absolute atomic E-state index is 0.102. The van der Waals surface area contributed by atoms with Gasteiger partial charge in [0.2, 0.25) is 5.91 Å². The zero-order chi connectivity index (χ0) is 19.1. The Hall–Kier alpha value is -2.55. The van der Waals surface area contributed by atoms with E-state index in [1.165, 1.54) is 0 Å². The fourth-order valence-corrected chi connectivity index (χ4v) is 3.09. The second-order valence-corrected chi connectivity index (χ2v) is 7.44. The maximum atomic E-state index is 12.7. The Morgan fingerprint density at radius 3 is 2.65 bits per heavy atom. The van der Waals surface area contributed by atoms with Crippen LogP contribution in [0.25, 0.3) is 0 Å². The summed E-state index contributed by atoms with van der Waals surface area (Å²) in [6.07, 6.45) is 1.42. The van der Waals surface area contributed by atoms with Gasteiger partial charge in [0.25, 0.3) is 0 Å². The Bertz CT molecular complexity index is 663. The molecule has 6 nitrogen and oxygen atoms in total. The number of carbonyl (C=O) groups is 2. The van der Waals surface area contributed by atoms with E-state index < -0.39 is 0 Å². The number of hydrogen-bond donors (Lipinski definition) is 1. The van der Waals surface area contributed by atoms with Crippen LogP contribution in [0.15, 0.2) is 24.3 Å². The van der Waals surface area contributed by atoms with E-state index in [4.69, 9.17) is 5.26 Å². The first-order chi connectivity index (χ1) is 12.4. The van der Waals surface area contributed by atoms with Gasteiger partial charge in [-0.25, -0.2) is 4.79 Å². The summed E-state index contributed by atoms with van der Waals surface area (Å²) in [4.78, 5) is 28.0. The molecular weight excluding hydrogens is 328 g/mol. The van der Waals surface area contributed by atoms with Crippen LogP contribution >= 0.6 is 0 Å². The van der Waals surface area contributed by atoms with Gasteiger partial charge < -0.3 is 15.1 Å². The number of hydrogen-bond acceptors (Lipinski definition) is 3. The maximum absolute atomic E-state index is 12.7. The van der Waals surface area contributed by atoms with Gasteiger partial charge in [-0.15, -0.1) is 0 Å². The largest absolute Gasteiger partial charge is 0.346 e. The summed E-state index contributed by atoms with van der Waals surface area (Å²) in [5, 5.41) is 11.9. The summed E-state index contributed by atoms with van der Waals surface area (Å²) in [7, 11) is 1.82. The van der Waals surface area contributed by atoms with Crippen molar-refractivity contribution < 1.29 is 9.59 Å². The van der Waals surface area contributed by atoms with Gasteiger partial charge in [0.15, 0.2) is 0 Å². The molecule has 1 aliphatic heterocycles. The third-order valence-corrected chi connectivity index (χ3v) is 4.63. The van der Waals surface area contributed by atoms with E-state index in [1.54, 1.807) is 21.9 Å². The van der Waals surface area contributed by atoms with E-state index >= 15 is 0 Å². The lowest BCUT2D eigenvalue weighted by molar-refractivity contribution is -0.133. The zero-order valence-corrected chi connectivity index (χ0v) is 15.9. The molecule has 0 aliphatic carbocycles. The molecule has 1 heterocycles. The number of nitrogens with zero attached hydrogens (tertiary/aromatic N) is 3. The first-order valence-corrected chi connectivity index (χ1v) is 9.14. The molecule has 0 saturated carbocycles. The number of amides is 3. The molecule has 1 aliphatic rings. The minimum Gasteiger partial charge on any atom is -0.346 e. The molecule has 0 bridgehead atoms. The summed E-state index contributed by atoms with van der Waals surface area (Å²) in [5.74, 6) is 0.703. The number of piperidine rings is 1. The smallest absolute Gasteiger partial charge is 0.317 e. The van der Waals surface area contributed by atoms with Crippen molar-refractivity contribution >= 4 is 11.9 Å². The van der Waals surface area contributed by atoms with Crippen molar-refractivity contribution in [1.82, 2.24) is 15.1 Å². The number of nitriles is 1. The quantitative estimate of drug-likeness (QED) is 0.851. The van der Waals surface area contributed by atoms with Crippen LogP contribution in [-0.2, 0) is 11.3 Å². The van der Waals surface area contributed by atoms with Crippen molar-refractivity contribution in [3.8, 4) is 6.07 Å². The Morgan fingerprint density at radius 2 is 2.08 bits per heavy atom. The van der Waals surface area contributed by atoms with Crippen LogP contribution in [0.3, 0.4) is 0 Å². The second kappa shape index (κ2) is 9.23. The van der Waals surface area contributed by atoms with Gasteiger partial charge in [-0.3, -0.25) is 4.79 Å². The van der Waals surface area contributed by atoms with Crippen LogP contribution in [0.5, 0.6) is 0 Å². The molecule has 26 heavy (non-hydrogen) atoms. The molecule has 0 radical (unpaired) electrons. The van der Waals surface area contributed by atoms with Gasteiger partial charge in [-0.1, -0.05) is 26.0 Å². The number of benzene rings is 1. The molecule has 1 aromatic rings. The first kappa shape index (κ1) is 19.8. The van der Waals surface area contributed by atoms with Crippen LogP contribution in [-0.4, -0.2) is 48.4 Å². The number of urea groups is 1. The molecule has 0 aromatic heterocycles. The molecule has 1 atom stereocenters. The zero-order valence-electron chi connectivity index (χ0n) is 15.9. The fraction of sp³-hybridized carbons (Fsp3) is 0.550. The van der Waals surface area contributed by atoms with Crippen molar-refractivity contribution in [2.45, 2.75) is 33.2 Å². The molecule has 1 N–H and O–H groups in total. The Balaban J connectivity index is 1.93. The third-order valence-electron chi connectivity index (χ3n) is 4.63. The highest BCUT2D eigenvalue weighted by atomic mass is 16.2. The predicted molar refractivity (Wildman–Crippen MR) is 100 cm³/mol. The minimum atomic E-state index is -0.102. The monoisotopic (exact) mass is 356 g/mol. The van der Waals surface area contributed by atoms with Crippen LogP contribution in [0.4, 0.5) is 4.79 Å². The maximum Gasteiger partial charge on any atom is 0.317 e. The van der Waals surface area contributed by atoms with Crippen molar-refractivity contribution in [2.24, 2.45) is 11.8 Å². The molecule has 6 heteroatoms. The molecule has 0 spiro atoms. The lowest BCUT2D eigenvalue weighted by Crippen LogP contribution is -2.45. The van der Waals surface area contributed by atoms with E-state index in [1.807, 2.05) is 19.2 Å². The van der Waals surface area contributed by atoms with Crippen LogP contribution in [0.1, 0.15) is 37.8 Å². The van der Waals surface area contributed by atoms with E-state index in [0.29, 0.717) is 37.5 Å². The van der Waals surface area contributed by atoms with Crippen molar-refractivity contribution in [1.29, 1.82) is 5.26 Å². The number of rotatable bonds is 6. The highest BCUT2D eigenvalue weighted by Crippen LogP contribution is 2.16. The molecule has 1 aromatic carbocycles. The van der Waals surface area contributed by atoms with Gasteiger partial charge >= 0.3 is 6.03 Å². The van der Waals surface area contributed by atoms with Gasteiger partial charge in [0.1, 0.15) is 0 Å². The average molecular weight is 356 g/mol. The van der Waals surface area contributed by atoms with Crippen molar-refractivity contribution in [2.75, 3.05) is 26.7 Å². The average Bonchev–Trinajstić information content (AvgIpc) is 2.62. The van der Waals surface area contributed by atoms with E-state index in [9.17, 15) is 9.59 Å². The fourth-order valence-electron chi connectivity index (χ4n) is 3.09. The van der Waals surface area contributed by atoms with Crippen molar-refractivity contribution in [3.05, 3.63) is 35.4 Å². The Kier molecular flexibility index (Phi) is 7.02. The normalized spacial score (nSPS) is 17.1. The molecule has 3 amide bonds. The molecular formula is C20H28N4O2. The number of carbonyl (C=O) groups excluding carboxylic acids is 2. The summed E-state index contributed by atoms with van der Waals surface area (Å²) >= 11 is 0. The second-order valence-electron chi connectivity index (χ2n) is 7.44. The lowest BCUT2D eigenvalue weighted by Gasteiger charge is -2.30. The SMILES string of the molecule is CC(C)CN(Cc1ccc(C#N)cc1)C(=O)NCC1CCN(C)C(=O)C1. The first-order valence-electron chi connectivity index (χ1n) is 9.14. The summed E-state index contributed by atoms with van der Waals surface area (Å²) in [6, 6.07) is 9.30. The van der Waals surface area contributed by atoms with E-state index in [-0.39, 0.29) is 17.9 Å². The Morgan fingerprint density at radius 1 is 1.38 bits per heavy atom. The van der Waals surface area contributed by atoms with E-state index in [0.717, 1.165) is 18.5 Å². The van der Waals surface area contributed by atoms with Gasteiger partial charge in [-0.2, -0.15) is 5.26 Å². The molecule has 2 rings (SSSR count). The van der Waals surface area contributed by atoms with Gasteiger partial charge in [0.05, 0.1) is 11.6 Å². The topological polar surface area (TPSA) is 76.4 Å². The lowest BCUT2D eigenvalue weighted by atomic mass is 9.96. The number of likely N-dealkylation sites (tertiary alicyclic amines) is 1. The Labute approximate surface area is 155 Å². The summed E-state index contributed by atoms with van der Waals surface area (Å²) in [5.41, 5.74) is 1.61. The van der Waals surface area contributed by atoms with Crippen molar-refractivity contribution in [3.63, 3.8) is 0 Å². The molecule has 140 valence electrons. The van der Waals surface area contributed by atoms with Crippen LogP contribution < -0.4 is 5.32 Å². The molecule has 1 unspecified atom stereocenters. The van der Waals surface area contributed by atoms with E-state index in [2.05, 4.69) is 25.2 Å².